The fourth-order valence-corrected chi connectivity index (χ4v) is 8.35. The quantitative estimate of drug-likeness (QED) is 0.181. The maximum Gasteiger partial charge on any atom is 0.343 e. The predicted octanol–water partition coefficient (Wildman–Crippen LogP) is 4.04. The van der Waals surface area contributed by atoms with E-state index in [4.69, 9.17) is 14.5 Å². The highest BCUT2D eigenvalue weighted by Crippen LogP contribution is 2.46. The van der Waals surface area contributed by atoms with Crippen LogP contribution in [0.1, 0.15) is 71.2 Å². The third kappa shape index (κ3) is 4.95. The molecule has 12 heteroatoms. The highest BCUT2D eigenvalue weighted by atomic mass is 32.2. The van der Waals surface area contributed by atoms with Crippen molar-refractivity contribution >= 4 is 26.9 Å². The van der Waals surface area contributed by atoms with Crippen LogP contribution in [0.2, 0.25) is 0 Å². The fourth-order valence-electron chi connectivity index (χ4n) is 7.06. The summed E-state index contributed by atoms with van der Waals surface area (Å²) in [5, 5.41) is 11.9. The molecule has 0 bridgehead atoms. The minimum Gasteiger partial charge on any atom is -0.458 e. The summed E-state index contributed by atoms with van der Waals surface area (Å²) >= 11 is 0. The molecule has 2 N–H and O–H groups in total. The molecule has 2 aliphatic heterocycles. The van der Waals surface area contributed by atoms with Crippen molar-refractivity contribution < 1.29 is 32.2 Å². The normalized spacial score (nSPS) is 19.9. The molecule has 0 spiro atoms. The Bertz CT molecular complexity index is 2080. The van der Waals surface area contributed by atoms with Crippen LogP contribution in [0.3, 0.4) is 0 Å². The number of ether oxygens (including phenoxy) is 2. The molecule has 7 rings (SSSR count). The van der Waals surface area contributed by atoms with Gasteiger partial charge in [-0.1, -0.05) is 37.3 Å². The largest absolute Gasteiger partial charge is 0.458 e. The number of nitrogens with one attached hydrogen (secondary N) is 1. The van der Waals surface area contributed by atoms with Crippen molar-refractivity contribution in [1.82, 2.24) is 14.3 Å². The molecule has 2 aromatic carbocycles. The molecular formula is C34H34FN3O7S. The van der Waals surface area contributed by atoms with E-state index in [1.165, 1.54) is 10.6 Å². The number of aryl methyl sites for hydroxylation is 1. The van der Waals surface area contributed by atoms with Crippen LogP contribution in [0.25, 0.3) is 22.3 Å². The minimum absolute atomic E-state index is 0.0000201. The van der Waals surface area contributed by atoms with E-state index in [0.29, 0.717) is 64.9 Å². The van der Waals surface area contributed by atoms with Crippen LogP contribution in [0.4, 0.5) is 4.39 Å². The number of carbonyl (C=O) groups is 1. The summed E-state index contributed by atoms with van der Waals surface area (Å²) in [5.41, 5.74) is 2.67. The monoisotopic (exact) mass is 647 g/mol. The van der Waals surface area contributed by atoms with Gasteiger partial charge in [0.25, 0.3) is 5.56 Å². The van der Waals surface area contributed by atoms with Crippen molar-refractivity contribution in [2.45, 2.75) is 70.9 Å². The van der Waals surface area contributed by atoms with Crippen LogP contribution in [-0.4, -0.2) is 41.4 Å². The maximum absolute atomic E-state index is 15.2. The van der Waals surface area contributed by atoms with Crippen molar-refractivity contribution in [3.8, 4) is 11.4 Å². The zero-order valence-electron chi connectivity index (χ0n) is 25.6. The Kier molecular flexibility index (Phi) is 7.58. The maximum atomic E-state index is 15.2. The number of esters is 1. The van der Waals surface area contributed by atoms with Crippen molar-refractivity contribution in [2.75, 3.05) is 12.4 Å². The molecule has 4 aromatic rings. The van der Waals surface area contributed by atoms with E-state index in [2.05, 4.69) is 4.72 Å². The molecular weight excluding hydrogens is 613 g/mol. The molecule has 4 heterocycles. The van der Waals surface area contributed by atoms with Crippen molar-refractivity contribution in [2.24, 2.45) is 0 Å². The van der Waals surface area contributed by atoms with Gasteiger partial charge in [0.1, 0.15) is 12.4 Å². The first-order valence-electron chi connectivity index (χ1n) is 15.5. The molecule has 0 radical (unpaired) electrons. The number of aliphatic hydroxyl groups is 1. The third-order valence-corrected chi connectivity index (χ3v) is 11.0. The Morgan fingerprint density at radius 3 is 2.72 bits per heavy atom. The molecule has 0 saturated carbocycles. The van der Waals surface area contributed by atoms with Crippen molar-refractivity contribution in [1.29, 1.82) is 0 Å². The molecule has 0 unspecified atom stereocenters. The van der Waals surface area contributed by atoms with Gasteiger partial charge in [-0.15, -0.1) is 0 Å². The number of sulfonamides is 1. The van der Waals surface area contributed by atoms with Gasteiger partial charge in [-0.2, -0.15) is 0 Å². The number of nitrogens with zero attached hydrogens (tertiary/aromatic N) is 2. The van der Waals surface area contributed by atoms with E-state index in [0.717, 1.165) is 11.1 Å². The van der Waals surface area contributed by atoms with E-state index in [-0.39, 0.29) is 43.1 Å². The summed E-state index contributed by atoms with van der Waals surface area (Å²) in [7, 11) is -3.75. The number of cyclic esters (lactones) is 1. The second-order valence-corrected chi connectivity index (χ2v) is 14.1. The van der Waals surface area contributed by atoms with Gasteiger partial charge in [-0.25, -0.2) is 27.3 Å². The van der Waals surface area contributed by atoms with Crippen LogP contribution in [0.5, 0.6) is 0 Å². The van der Waals surface area contributed by atoms with E-state index in [1.807, 2.05) is 30.3 Å². The Labute approximate surface area is 265 Å². The van der Waals surface area contributed by atoms with Crippen LogP contribution >= 0.6 is 0 Å². The van der Waals surface area contributed by atoms with E-state index in [1.54, 1.807) is 19.9 Å². The third-order valence-electron chi connectivity index (χ3n) is 9.51. The first kappa shape index (κ1) is 30.7. The summed E-state index contributed by atoms with van der Waals surface area (Å²) in [6.45, 7) is 3.84. The number of hydrogen-bond donors (Lipinski definition) is 2. The standard InChI is InChI=1S/C34H34FN3O7S/c1-3-34(41)24-14-28-31-22(16-38(28)32(39)23(24)18-45-33(34)40)30-26(11-10-21-19(2)25(35)15-27(36-31)29(21)30)37-46(42,43)13-7-12-44-17-20-8-5-4-6-9-20/h4-6,8-9,14-15,26,37,41H,3,7,10-13,16-18H2,1-2H3/t26-,34-/m0/s1. The number of pyridine rings is 2. The lowest BCUT2D eigenvalue weighted by Crippen LogP contribution is -2.44. The highest BCUT2D eigenvalue weighted by molar-refractivity contribution is 7.89. The molecule has 1 aliphatic carbocycles. The SMILES string of the molecule is CC[C@@]1(O)C(=O)OCc2c1cc1n(c2=O)Cc2c-1nc1cc(F)c(C)c3c1c2[C@@H](NS(=O)(=O)CCCOCc1ccccc1)CC3. The smallest absolute Gasteiger partial charge is 0.343 e. The average molecular weight is 648 g/mol. The summed E-state index contributed by atoms with van der Waals surface area (Å²) in [6.07, 6.45) is 1.14. The zero-order valence-corrected chi connectivity index (χ0v) is 26.4. The van der Waals surface area contributed by atoms with E-state index < -0.39 is 39.0 Å². The lowest BCUT2D eigenvalue weighted by atomic mass is 9.82. The lowest BCUT2D eigenvalue weighted by molar-refractivity contribution is -0.172. The number of carbonyl (C=O) groups excluding carboxylic acids is 1. The van der Waals surface area contributed by atoms with Gasteiger partial charge in [0.05, 0.1) is 41.4 Å². The molecule has 2 atom stereocenters. The van der Waals surface area contributed by atoms with Crippen LogP contribution in [-0.2, 0) is 56.1 Å². The topological polar surface area (TPSA) is 137 Å². The summed E-state index contributed by atoms with van der Waals surface area (Å²) in [4.78, 5) is 31.2. The number of halogens is 1. The zero-order chi connectivity index (χ0) is 32.4. The molecule has 2 aromatic heterocycles. The lowest BCUT2D eigenvalue weighted by Gasteiger charge is -2.31. The number of hydrogen-bond acceptors (Lipinski definition) is 8. The number of benzene rings is 2. The minimum atomic E-state index is -3.75. The molecule has 0 saturated heterocycles. The Morgan fingerprint density at radius 2 is 1.96 bits per heavy atom. The van der Waals surface area contributed by atoms with Gasteiger partial charge in [-0.05, 0) is 60.9 Å². The number of aromatic nitrogens is 2. The average Bonchev–Trinajstić information content (AvgIpc) is 3.41. The molecule has 46 heavy (non-hydrogen) atoms. The van der Waals surface area contributed by atoms with Crippen molar-refractivity contribution in [3.05, 3.63) is 97.6 Å². The second-order valence-electron chi connectivity index (χ2n) is 12.2. The van der Waals surface area contributed by atoms with Gasteiger partial charge in [0, 0.05) is 35.2 Å². The molecule has 10 nitrogen and oxygen atoms in total. The van der Waals surface area contributed by atoms with Gasteiger partial charge < -0.3 is 19.1 Å². The van der Waals surface area contributed by atoms with E-state index >= 15 is 4.39 Å². The first-order valence-corrected chi connectivity index (χ1v) is 17.1. The highest BCUT2D eigenvalue weighted by Gasteiger charge is 2.46. The van der Waals surface area contributed by atoms with Gasteiger partial charge >= 0.3 is 5.97 Å². The molecule has 0 amide bonds. The van der Waals surface area contributed by atoms with Gasteiger partial charge in [0.2, 0.25) is 10.0 Å². The summed E-state index contributed by atoms with van der Waals surface area (Å²) in [6, 6.07) is 12.0. The molecule has 3 aliphatic rings. The molecule has 0 fully saturated rings. The Hall–Kier alpha value is -3.97. The first-order chi connectivity index (χ1) is 22.0. The van der Waals surface area contributed by atoms with Crippen molar-refractivity contribution in [3.63, 3.8) is 0 Å². The number of rotatable bonds is 9. The summed E-state index contributed by atoms with van der Waals surface area (Å²) < 4.78 is 57.2. The second kappa shape index (κ2) is 11.4. The summed E-state index contributed by atoms with van der Waals surface area (Å²) in [5.74, 6) is -1.38. The molecule has 240 valence electrons. The Balaban J connectivity index is 1.26. The van der Waals surface area contributed by atoms with Gasteiger partial charge in [-0.3, -0.25) is 4.79 Å². The Morgan fingerprint density at radius 1 is 1.17 bits per heavy atom. The van der Waals surface area contributed by atoms with E-state index in [9.17, 15) is 23.1 Å². The predicted molar refractivity (Wildman–Crippen MR) is 168 cm³/mol. The van der Waals surface area contributed by atoms with Crippen LogP contribution in [0, 0.1) is 12.7 Å². The van der Waals surface area contributed by atoms with Gasteiger partial charge in [0.15, 0.2) is 5.60 Å². The number of fused-ring (bicyclic) bond motifs is 5. The fraction of sp³-hybridized carbons (Fsp3) is 0.382. The van der Waals surface area contributed by atoms with Crippen LogP contribution < -0.4 is 10.3 Å². The van der Waals surface area contributed by atoms with Crippen LogP contribution in [0.15, 0.2) is 47.3 Å².